The summed E-state index contributed by atoms with van der Waals surface area (Å²) >= 11 is 5.13. The number of hydrogen-bond acceptors (Lipinski definition) is 3. The first-order valence-electron chi connectivity index (χ1n) is 3.98. The van der Waals surface area contributed by atoms with Crippen molar-refractivity contribution in [1.29, 1.82) is 0 Å². The summed E-state index contributed by atoms with van der Waals surface area (Å²) in [5, 5.41) is 0. The Labute approximate surface area is 84.1 Å². The van der Waals surface area contributed by atoms with Gasteiger partial charge in [-0.05, 0) is 29.3 Å². The molecule has 0 bridgehead atoms. The zero-order chi connectivity index (χ0) is 8.55. The molecule has 1 aliphatic rings. The number of rotatable bonds is 1. The summed E-state index contributed by atoms with van der Waals surface area (Å²) in [7, 11) is 0. The number of aromatic nitrogens is 1. The lowest BCUT2D eigenvalue weighted by Gasteiger charge is -2.03. The molecule has 0 aromatic carbocycles. The molecule has 2 rings (SSSR count). The first-order valence-corrected chi connectivity index (χ1v) is 5.59. The molecule has 0 N–H and O–H groups in total. The Morgan fingerprint density at radius 2 is 2.50 bits per heavy atom. The maximum Gasteiger partial charge on any atom is 0.159 e. The molecule has 1 fully saturated rings. The highest BCUT2D eigenvalue weighted by atomic mass is 79.9. The number of aryl methyl sites for hydroxylation is 1. The van der Waals surface area contributed by atoms with Gasteiger partial charge < -0.3 is 4.74 Å². The molecule has 1 aliphatic heterocycles. The monoisotopic (exact) mass is 247 g/mol. The van der Waals surface area contributed by atoms with Crippen molar-refractivity contribution in [2.45, 2.75) is 19.3 Å². The van der Waals surface area contributed by atoms with Crippen LogP contribution in [0.15, 0.2) is 3.92 Å². The Morgan fingerprint density at radius 1 is 1.67 bits per heavy atom. The molecule has 0 aliphatic carbocycles. The summed E-state index contributed by atoms with van der Waals surface area (Å²) in [6.07, 6.45) is 1.15. The van der Waals surface area contributed by atoms with E-state index >= 15 is 0 Å². The molecule has 4 heteroatoms. The predicted octanol–water partition coefficient (Wildman–Crippen LogP) is 2.72. The van der Waals surface area contributed by atoms with Crippen molar-refractivity contribution in [1.82, 2.24) is 4.98 Å². The third kappa shape index (κ3) is 1.56. The number of nitrogens with zero attached hydrogens (tertiary/aromatic N) is 1. The number of thiazole rings is 1. The van der Waals surface area contributed by atoms with Crippen molar-refractivity contribution in [3.63, 3.8) is 0 Å². The topological polar surface area (TPSA) is 22.1 Å². The molecule has 0 amide bonds. The largest absolute Gasteiger partial charge is 0.381 e. The Bertz CT molecular complexity index is 281. The lowest BCUT2D eigenvalue weighted by molar-refractivity contribution is 0.194. The zero-order valence-electron chi connectivity index (χ0n) is 6.84. The molecule has 0 saturated carbocycles. The van der Waals surface area contributed by atoms with E-state index < -0.39 is 0 Å². The van der Waals surface area contributed by atoms with Crippen molar-refractivity contribution in [3.05, 3.63) is 14.5 Å². The van der Waals surface area contributed by atoms with E-state index in [0.717, 1.165) is 29.2 Å². The first-order chi connectivity index (χ1) is 5.77. The summed E-state index contributed by atoms with van der Waals surface area (Å²) in [5.74, 6) is 0.591. The summed E-state index contributed by atoms with van der Waals surface area (Å²) in [6, 6.07) is 0. The van der Waals surface area contributed by atoms with Crippen LogP contribution in [0.5, 0.6) is 0 Å². The van der Waals surface area contributed by atoms with Crippen molar-refractivity contribution < 1.29 is 4.74 Å². The Balaban J connectivity index is 2.25. The maximum absolute atomic E-state index is 5.34. The standard InChI is InChI=1S/C8H10BrNOS/c1-5-7(12-8(9)10-5)6-2-3-11-4-6/h6H,2-4H2,1H3. The molecule has 1 atom stereocenters. The smallest absolute Gasteiger partial charge is 0.159 e. The number of hydrogen-bond donors (Lipinski definition) is 0. The van der Waals surface area contributed by atoms with Gasteiger partial charge in [0.1, 0.15) is 0 Å². The highest BCUT2D eigenvalue weighted by molar-refractivity contribution is 9.11. The van der Waals surface area contributed by atoms with Gasteiger partial charge in [-0.15, -0.1) is 11.3 Å². The van der Waals surface area contributed by atoms with Crippen LogP contribution in [0.1, 0.15) is 22.9 Å². The molecule has 12 heavy (non-hydrogen) atoms. The van der Waals surface area contributed by atoms with E-state index in [-0.39, 0.29) is 0 Å². The van der Waals surface area contributed by atoms with Crippen LogP contribution in [0.4, 0.5) is 0 Å². The second-order valence-electron chi connectivity index (χ2n) is 2.98. The Hall–Kier alpha value is 0.0700. The average Bonchev–Trinajstić information content (AvgIpc) is 2.58. The van der Waals surface area contributed by atoms with Gasteiger partial charge in [0, 0.05) is 17.4 Å². The zero-order valence-corrected chi connectivity index (χ0v) is 9.24. The number of halogens is 1. The molecule has 66 valence electrons. The second-order valence-corrected chi connectivity index (χ2v) is 5.28. The van der Waals surface area contributed by atoms with E-state index in [1.165, 1.54) is 4.88 Å². The van der Waals surface area contributed by atoms with E-state index in [1.807, 2.05) is 0 Å². The van der Waals surface area contributed by atoms with Gasteiger partial charge in [0.2, 0.25) is 0 Å². The fraction of sp³-hybridized carbons (Fsp3) is 0.625. The maximum atomic E-state index is 5.34. The lowest BCUT2D eigenvalue weighted by Crippen LogP contribution is -1.96. The van der Waals surface area contributed by atoms with Crippen molar-refractivity contribution >= 4 is 27.3 Å². The van der Waals surface area contributed by atoms with Crippen LogP contribution in [0, 0.1) is 6.92 Å². The van der Waals surface area contributed by atoms with Gasteiger partial charge in [0.15, 0.2) is 3.92 Å². The van der Waals surface area contributed by atoms with E-state index in [9.17, 15) is 0 Å². The third-order valence-corrected chi connectivity index (χ3v) is 3.88. The van der Waals surface area contributed by atoms with Crippen LogP contribution in [0.3, 0.4) is 0 Å². The normalized spacial score (nSPS) is 23.3. The minimum absolute atomic E-state index is 0.591. The van der Waals surface area contributed by atoms with Crippen LogP contribution in [0.2, 0.25) is 0 Å². The van der Waals surface area contributed by atoms with Gasteiger partial charge in [0.25, 0.3) is 0 Å². The molecule has 1 unspecified atom stereocenters. The summed E-state index contributed by atoms with van der Waals surface area (Å²) in [5.41, 5.74) is 1.15. The second kappa shape index (κ2) is 3.44. The highest BCUT2D eigenvalue weighted by Gasteiger charge is 2.22. The number of ether oxygens (including phenoxy) is 1. The van der Waals surface area contributed by atoms with Crippen LogP contribution in [0.25, 0.3) is 0 Å². The van der Waals surface area contributed by atoms with Gasteiger partial charge in [-0.2, -0.15) is 0 Å². The average molecular weight is 248 g/mol. The van der Waals surface area contributed by atoms with Gasteiger partial charge in [0.05, 0.1) is 12.3 Å². The lowest BCUT2D eigenvalue weighted by atomic mass is 10.1. The van der Waals surface area contributed by atoms with E-state index in [2.05, 4.69) is 27.8 Å². The summed E-state index contributed by atoms with van der Waals surface area (Å²) in [6.45, 7) is 3.84. The minimum atomic E-state index is 0.591. The summed E-state index contributed by atoms with van der Waals surface area (Å²) in [4.78, 5) is 5.72. The van der Waals surface area contributed by atoms with Crippen molar-refractivity contribution in [2.24, 2.45) is 0 Å². The quantitative estimate of drug-likeness (QED) is 0.762. The first kappa shape index (κ1) is 8.66. The SMILES string of the molecule is Cc1nc(Br)sc1C1CCOC1. The predicted molar refractivity (Wildman–Crippen MR) is 52.7 cm³/mol. The Morgan fingerprint density at radius 3 is 3.00 bits per heavy atom. The fourth-order valence-electron chi connectivity index (χ4n) is 1.49. The molecule has 1 aromatic rings. The molecule has 1 saturated heterocycles. The molecule has 2 nitrogen and oxygen atoms in total. The van der Waals surface area contributed by atoms with E-state index in [0.29, 0.717) is 5.92 Å². The molecule has 1 aromatic heterocycles. The van der Waals surface area contributed by atoms with Gasteiger partial charge in [-0.1, -0.05) is 0 Å². The van der Waals surface area contributed by atoms with E-state index in [1.54, 1.807) is 11.3 Å². The third-order valence-electron chi connectivity index (χ3n) is 2.11. The fourth-order valence-corrected chi connectivity index (χ4v) is 3.19. The van der Waals surface area contributed by atoms with Crippen LogP contribution in [-0.4, -0.2) is 18.2 Å². The highest BCUT2D eigenvalue weighted by Crippen LogP contribution is 2.34. The van der Waals surface area contributed by atoms with Gasteiger partial charge in [-0.25, -0.2) is 4.98 Å². The van der Waals surface area contributed by atoms with Crippen LogP contribution in [-0.2, 0) is 4.74 Å². The van der Waals surface area contributed by atoms with Crippen LogP contribution < -0.4 is 0 Å². The molecule has 0 radical (unpaired) electrons. The van der Waals surface area contributed by atoms with Gasteiger partial charge >= 0.3 is 0 Å². The molecular formula is C8H10BrNOS. The Kier molecular flexibility index (Phi) is 2.48. The minimum Gasteiger partial charge on any atom is -0.381 e. The van der Waals surface area contributed by atoms with Crippen molar-refractivity contribution in [2.75, 3.05) is 13.2 Å². The van der Waals surface area contributed by atoms with Crippen molar-refractivity contribution in [3.8, 4) is 0 Å². The molecular weight excluding hydrogens is 238 g/mol. The van der Waals surface area contributed by atoms with Gasteiger partial charge in [-0.3, -0.25) is 0 Å². The van der Waals surface area contributed by atoms with E-state index in [4.69, 9.17) is 4.74 Å². The van der Waals surface area contributed by atoms with Crippen LogP contribution >= 0.6 is 27.3 Å². The summed E-state index contributed by atoms with van der Waals surface area (Å²) < 4.78 is 6.33. The molecule has 0 spiro atoms. The molecule has 2 heterocycles.